The summed E-state index contributed by atoms with van der Waals surface area (Å²) in [7, 11) is 0. The summed E-state index contributed by atoms with van der Waals surface area (Å²) in [5.74, 6) is 0.336. The standard InChI is InChI=1S/C30H33N3O2.C24H24N4.C19H13BrN2.C19H14N2/c1-30(2,3)35-29(34)17-21-12-14-33(15-13-21)20-22-8-9-24-18-31-19-26(25(24)16-22)28-11-10-23-6-4-5-7-27(23)32-28;25-20-9-11-28(12-10-20)16-17-5-6-19-14-26-15-22(21(19)13-17)24-8-7-18-3-1-2-4-23(18)27-24;20-10-13-5-6-15-11-21-12-17(16(15)9-13)19-8-7-14-3-1-2-4-18(14)22-19;1-13-6-7-15-11-20-12-17(16(15)10-13)19-9-8-14-4-2-3-5-18(14)21-19/h4-11,16,18-19,21H,12-15,17,20H2,1-3H3;1-8,13-15,20H,9-12,16,25H2;1-9,11-12H,10H2;2-12H,1H3. The van der Waals surface area contributed by atoms with Crippen molar-refractivity contribution in [2.45, 2.75) is 89.9 Å². The van der Waals surface area contributed by atoms with Gasteiger partial charge in [-0.25, -0.2) is 19.9 Å². The number of pyridine rings is 8. The SMILES string of the molecule is BrCc1ccc2cncc(-c3ccc4ccccc4n3)c2c1.CC(C)(C)OC(=O)CC1CCN(Cc2ccc3cncc(-c4ccc5ccccc5n4)c3c2)CC1.Cc1ccc2cncc(-c3ccc4ccccc4n3)c2c1.NC1CCN(Cc2ccc3cncc(-c4ccc5ccccc5n4)c3c2)CC1. The normalized spacial score (nSPS) is 13.9. The first-order valence-electron chi connectivity index (χ1n) is 36.6. The van der Waals surface area contributed by atoms with Crippen LogP contribution in [0.15, 0.2) is 268 Å². The summed E-state index contributed by atoms with van der Waals surface area (Å²) < 4.78 is 5.51. The lowest BCUT2D eigenvalue weighted by molar-refractivity contribution is -0.156. The highest BCUT2D eigenvalue weighted by Gasteiger charge is 2.25. The molecular weight excluding hydrogens is 1370 g/mol. The molecule has 0 amide bonds. The van der Waals surface area contributed by atoms with Crippen molar-refractivity contribution in [1.29, 1.82) is 0 Å². The summed E-state index contributed by atoms with van der Waals surface area (Å²) in [6, 6.07) is 76.2. The Morgan fingerprint density at radius 2 is 0.726 bits per heavy atom. The molecule has 18 rings (SSSR count). The third-order valence-corrected chi connectivity index (χ3v) is 20.7. The minimum Gasteiger partial charge on any atom is -0.460 e. The molecule has 0 saturated carbocycles. The maximum atomic E-state index is 12.2. The number of halogens is 1. The number of likely N-dealkylation sites (tertiary alicyclic amines) is 2. The van der Waals surface area contributed by atoms with E-state index in [1.807, 2.05) is 131 Å². The van der Waals surface area contributed by atoms with Crippen LogP contribution in [0.5, 0.6) is 0 Å². The molecule has 0 aliphatic carbocycles. The van der Waals surface area contributed by atoms with Gasteiger partial charge < -0.3 is 10.5 Å². The molecule has 2 fully saturated rings. The van der Waals surface area contributed by atoms with E-state index in [-0.39, 0.29) is 5.97 Å². The predicted molar refractivity (Wildman–Crippen MR) is 438 cm³/mol. The molecule has 2 aliphatic rings. The van der Waals surface area contributed by atoms with Crippen molar-refractivity contribution in [2.75, 3.05) is 26.2 Å². The summed E-state index contributed by atoms with van der Waals surface area (Å²) in [6.45, 7) is 13.9. The van der Waals surface area contributed by atoms with Gasteiger partial charge >= 0.3 is 5.97 Å². The number of aryl methyl sites for hydroxylation is 1. The molecule has 13 nitrogen and oxygen atoms in total. The van der Waals surface area contributed by atoms with E-state index in [0.29, 0.717) is 18.4 Å². The zero-order valence-corrected chi connectivity index (χ0v) is 61.9. The topological polar surface area (TPSA) is 162 Å². The first-order chi connectivity index (χ1) is 51.8. The third kappa shape index (κ3) is 16.8. The number of nitrogens with two attached hydrogens (primary N) is 1. The van der Waals surface area contributed by atoms with Gasteiger partial charge in [0.2, 0.25) is 0 Å². The number of carbonyl (C=O) groups excluding carboxylic acids is 1. The van der Waals surface area contributed by atoms with Crippen LogP contribution < -0.4 is 5.73 Å². The Morgan fingerprint density at radius 3 is 1.09 bits per heavy atom. The smallest absolute Gasteiger partial charge is 0.306 e. The molecule has 8 aromatic heterocycles. The van der Waals surface area contributed by atoms with Gasteiger partial charge in [-0.3, -0.25) is 34.5 Å². The minimum absolute atomic E-state index is 0.0751. The van der Waals surface area contributed by atoms with Crippen molar-refractivity contribution in [3.05, 3.63) is 290 Å². The Bertz CT molecular complexity index is 5850. The fourth-order valence-electron chi connectivity index (χ4n) is 14.5. The maximum absolute atomic E-state index is 12.2. The van der Waals surface area contributed by atoms with E-state index in [4.69, 9.17) is 30.4 Å². The average Bonchev–Trinajstić information content (AvgIpc) is 0.802. The average molecular weight is 1460 g/mol. The van der Waals surface area contributed by atoms with Crippen LogP contribution in [0, 0.1) is 12.8 Å². The molecule has 2 aliphatic heterocycles. The predicted octanol–water partition coefficient (Wildman–Crippen LogP) is 20.9. The second-order valence-corrected chi connectivity index (χ2v) is 29.5. The van der Waals surface area contributed by atoms with Crippen LogP contribution in [-0.2, 0) is 28.0 Å². The van der Waals surface area contributed by atoms with Crippen molar-refractivity contribution in [1.82, 2.24) is 49.7 Å². The molecule has 0 atom stereocenters. The lowest BCUT2D eigenvalue weighted by Crippen LogP contribution is -2.39. The molecule has 10 heterocycles. The molecule has 526 valence electrons. The second kappa shape index (κ2) is 32.1. The van der Waals surface area contributed by atoms with Crippen LogP contribution in [0.2, 0.25) is 0 Å². The van der Waals surface area contributed by atoms with Gasteiger partial charge in [0.05, 0.1) is 44.8 Å². The zero-order chi connectivity index (χ0) is 72.5. The summed E-state index contributed by atoms with van der Waals surface area (Å²) >= 11 is 3.53. The van der Waals surface area contributed by atoms with Gasteiger partial charge in [0.25, 0.3) is 0 Å². The number of hydrogen-bond donors (Lipinski definition) is 1. The minimum atomic E-state index is -0.412. The van der Waals surface area contributed by atoms with E-state index in [2.05, 4.69) is 210 Å². The number of carbonyl (C=O) groups is 1. The van der Waals surface area contributed by atoms with Crippen molar-refractivity contribution >= 4 is 109 Å². The largest absolute Gasteiger partial charge is 0.460 e. The fourth-order valence-corrected chi connectivity index (χ4v) is 14.8. The number of benzene rings is 8. The summed E-state index contributed by atoms with van der Waals surface area (Å²) in [5.41, 5.74) is 22.9. The number of alkyl halides is 1. The van der Waals surface area contributed by atoms with E-state index in [9.17, 15) is 4.79 Å². The molecule has 2 N–H and O–H groups in total. The molecule has 8 aromatic carbocycles. The molecule has 14 heteroatoms. The summed E-state index contributed by atoms with van der Waals surface area (Å²) in [4.78, 5) is 54.2. The number of nitrogens with zero attached hydrogens (tertiary/aromatic N) is 10. The Kier molecular flexibility index (Phi) is 21.3. The molecule has 16 aromatic rings. The highest BCUT2D eigenvalue weighted by molar-refractivity contribution is 9.08. The number of para-hydroxylation sites is 4. The number of piperidine rings is 2. The first kappa shape index (κ1) is 70.5. The van der Waals surface area contributed by atoms with Gasteiger partial charge in [0.1, 0.15) is 5.60 Å². The highest BCUT2D eigenvalue weighted by Crippen LogP contribution is 2.35. The van der Waals surface area contributed by atoms with Crippen LogP contribution in [0.3, 0.4) is 0 Å². The molecule has 0 unspecified atom stereocenters. The molecule has 0 spiro atoms. The molecule has 2 saturated heterocycles. The lowest BCUT2D eigenvalue weighted by Gasteiger charge is -2.32. The van der Waals surface area contributed by atoms with Gasteiger partial charge in [0, 0.05) is 146 Å². The van der Waals surface area contributed by atoms with E-state index in [1.54, 1.807) is 0 Å². The number of rotatable bonds is 11. The first-order valence-corrected chi connectivity index (χ1v) is 37.8. The third-order valence-electron chi connectivity index (χ3n) is 20.1. The van der Waals surface area contributed by atoms with E-state index < -0.39 is 5.60 Å². The van der Waals surface area contributed by atoms with Crippen LogP contribution in [0.25, 0.3) is 132 Å². The van der Waals surface area contributed by atoms with Crippen molar-refractivity contribution in [3.8, 4) is 45.0 Å². The van der Waals surface area contributed by atoms with Crippen LogP contribution in [0.1, 0.15) is 75.1 Å². The quantitative estimate of drug-likeness (QED) is 0.0963. The van der Waals surface area contributed by atoms with Crippen molar-refractivity contribution < 1.29 is 9.53 Å². The second-order valence-electron chi connectivity index (χ2n) is 29.0. The maximum Gasteiger partial charge on any atom is 0.306 e. The van der Waals surface area contributed by atoms with Crippen molar-refractivity contribution in [2.24, 2.45) is 11.7 Å². The van der Waals surface area contributed by atoms with E-state index in [1.165, 1.54) is 43.8 Å². The summed E-state index contributed by atoms with van der Waals surface area (Å²) in [5, 5.41) is 14.8. The van der Waals surface area contributed by atoms with Crippen LogP contribution >= 0.6 is 15.9 Å². The zero-order valence-electron chi connectivity index (χ0n) is 60.3. The van der Waals surface area contributed by atoms with Gasteiger partial charge in [-0.05, 0) is 190 Å². The number of hydrogen-bond acceptors (Lipinski definition) is 13. The van der Waals surface area contributed by atoms with Gasteiger partial charge in [0.15, 0.2) is 0 Å². The Labute approximate surface area is 626 Å². The molecular formula is C92H84BrN11O2. The Hall–Kier alpha value is -11.1. The Balaban J connectivity index is 0.000000115. The monoisotopic (exact) mass is 1450 g/mol. The van der Waals surface area contributed by atoms with E-state index >= 15 is 0 Å². The lowest BCUT2D eigenvalue weighted by atomic mass is 9.93. The van der Waals surface area contributed by atoms with Gasteiger partial charge in [-0.1, -0.05) is 173 Å². The highest BCUT2D eigenvalue weighted by atomic mass is 79.9. The van der Waals surface area contributed by atoms with Crippen LogP contribution in [0.4, 0.5) is 0 Å². The van der Waals surface area contributed by atoms with Gasteiger partial charge in [-0.2, -0.15) is 0 Å². The Morgan fingerprint density at radius 1 is 0.406 bits per heavy atom. The number of aromatic nitrogens is 8. The number of esters is 1. The number of fused-ring (bicyclic) bond motifs is 8. The van der Waals surface area contributed by atoms with Gasteiger partial charge in [-0.15, -0.1) is 0 Å². The van der Waals surface area contributed by atoms with Crippen LogP contribution in [-0.4, -0.2) is 93.5 Å². The fraction of sp³-hybridized carbons (Fsp3) is 0.207. The van der Waals surface area contributed by atoms with Crippen molar-refractivity contribution in [3.63, 3.8) is 0 Å². The summed E-state index contributed by atoms with van der Waals surface area (Å²) in [6.07, 6.45) is 20.1. The number of ether oxygens (including phenoxy) is 1. The molecule has 106 heavy (non-hydrogen) atoms. The molecule has 0 bridgehead atoms. The molecule has 0 radical (unpaired) electrons. The van der Waals surface area contributed by atoms with E-state index in [0.717, 1.165) is 180 Å².